The molecule has 0 radical (unpaired) electrons. The highest BCUT2D eigenvalue weighted by Crippen LogP contribution is 2.37. The smallest absolute Gasteiger partial charge is 0.255 e. The molecule has 0 spiro atoms. The predicted molar refractivity (Wildman–Crippen MR) is 115 cm³/mol. The Morgan fingerprint density at radius 2 is 1.70 bits per heavy atom. The molecule has 0 saturated carbocycles. The molecule has 1 heterocycles. The molecule has 0 fully saturated rings. The number of hydrogen-bond donors (Lipinski definition) is 3. The van der Waals surface area contributed by atoms with Crippen LogP contribution in [0.3, 0.4) is 0 Å². The van der Waals surface area contributed by atoms with E-state index in [2.05, 4.69) is 16.0 Å². The van der Waals surface area contributed by atoms with Gasteiger partial charge < -0.3 is 16.0 Å². The maximum atomic E-state index is 13.2. The van der Waals surface area contributed by atoms with Crippen molar-refractivity contribution in [2.45, 2.75) is 26.8 Å². The Labute approximate surface area is 173 Å². The van der Waals surface area contributed by atoms with Crippen LogP contribution in [0.25, 0.3) is 0 Å². The summed E-state index contributed by atoms with van der Waals surface area (Å²) in [5.41, 5.74) is 4.64. The number of rotatable bonds is 3. The van der Waals surface area contributed by atoms with E-state index >= 15 is 0 Å². The second-order valence-corrected chi connectivity index (χ2v) is 7.63. The standard InChI is InChI=1S/C20H19Cl2N3OS/c1-10-6-4-9-15(11(10)2)24-19(26)16-12(3)23-20(27)25-18(16)17-13(21)7-5-8-14(17)22/h4-9,18H,1-3H3,(H,24,26)(H2,23,25,27). The summed E-state index contributed by atoms with van der Waals surface area (Å²) in [6, 6.07) is 10.5. The SMILES string of the molecule is CC1=C(C(=O)Nc2cccc(C)c2C)C(c2c(Cl)cccc2Cl)NC(=S)N1. The van der Waals surface area contributed by atoms with Crippen LogP contribution in [0.4, 0.5) is 5.69 Å². The van der Waals surface area contributed by atoms with E-state index in [9.17, 15) is 4.79 Å². The van der Waals surface area contributed by atoms with Gasteiger partial charge in [0.05, 0.1) is 11.6 Å². The van der Waals surface area contributed by atoms with Crippen LogP contribution in [0.1, 0.15) is 29.7 Å². The molecule has 1 aliphatic rings. The number of amides is 1. The van der Waals surface area contributed by atoms with Gasteiger partial charge in [0, 0.05) is 27.0 Å². The molecule has 140 valence electrons. The minimum absolute atomic E-state index is 0.246. The highest BCUT2D eigenvalue weighted by atomic mass is 35.5. The second kappa shape index (κ2) is 7.89. The fraction of sp³-hybridized carbons (Fsp3) is 0.200. The molecule has 3 rings (SSSR count). The van der Waals surface area contributed by atoms with Crippen molar-refractivity contribution in [2.75, 3.05) is 5.32 Å². The third-order valence-corrected chi connectivity index (χ3v) is 5.53. The Bertz CT molecular complexity index is 951. The van der Waals surface area contributed by atoms with E-state index in [1.807, 2.05) is 39.0 Å². The van der Waals surface area contributed by atoms with Crippen LogP contribution < -0.4 is 16.0 Å². The first kappa shape index (κ1) is 19.7. The molecular formula is C20H19Cl2N3OS. The van der Waals surface area contributed by atoms with Gasteiger partial charge in [0.15, 0.2) is 5.11 Å². The van der Waals surface area contributed by atoms with Gasteiger partial charge in [-0.25, -0.2) is 0 Å². The van der Waals surface area contributed by atoms with Gasteiger partial charge in [-0.15, -0.1) is 0 Å². The lowest BCUT2D eigenvalue weighted by Crippen LogP contribution is -2.46. The monoisotopic (exact) mass is 419 g/mol. The third-order valence-electron chi connectivity index (χ3n) is 4.65. The van der Waals surface area contributed by atoms with Gasteiger partial charge in [-0.2, -0.15) is 0 Å². The molecule has 1 aliphatic heterocycles. The van der Waals surface area contributed by atoms with Crippen LogP contribution in [0.5, 0.6) is 0 Å². The number of thiocarbonyl (C=S) groups is 1. The van der Waals surface area contributed by atoms with E-state index in [0.717, 1.165) is 16.8 Å². The van der Waals surface area contributed by atoms with E-state index in [0.29, 0.717) is 32.0 Å². The maximum absolute atomic E-state index is 13.2. The second-order valence-electron chi connectivity index (χ2n) is 6.41. The van der Waals surface area contributed by atoms with E-state index in [1.54, 1.807) is 18.2 Å². The van der Waals surface area contributed by atoms with Gasteiger partial charge in [0.25, 0.3) is 5.91 Å². The number of benzene rings is 2. The zero-order chi connectivity index (χ0) is 19.7. The first-order valence-corrected chi connectivity index (χ1v) is 9.55. The van der Waals surface area contributed by atoms with Gasteiger partial charge in [0.2, 0.25) is 0 Å². The van der Waals surface area contributed by atoms with Crippen molar-refractivity contribution in [3.63, 3.8) is 0 Å². The van der Waals surface area contributed by atoms with Gasteiger partial charge >= 0.3 is 0 Å². The van der Waals surface area contributed by atoms with E-state index in [1.165, 1.54) is 0 Å². The Kier molecular flexibility index (Phi) is 5.75. The van der Waals surface area contributed by atoms with E-state index in [4.69, 9.17) is 35.4 Å². The number of allylic oxidation sites excluding steroid dienone is 1. The molecule has 27 heavy (non-hydrogen) atoms. The molecule has 1 unspecified atom stereocenters. The molecule has 7 heteroatoms. The zero-order valence-electron chi connectivity index (χ0n) is 15.1. The third kappa shape index (κ3) is 3.95. The zero-order valence-corrected chi connectivity index (χ0v) is 17.4. The topological polar surface area (TPSA) is 53.2 Å². The molecular weight excluding hydrogens is 401 g/mol. The van der Waals surface area contributed by atoms with Crippen molar-refractivity contribution in [2.24, 2.45) is 0 Å². The summed E-state index contributed by atoms with van der Waals surface area (Å²) in [5.74, 6) is -0.246. The van der Waals surface area contributed by atoms with Gasteiger partial charge in [-0.3, -0.25) is 4.79 Å². The number of hydrogen-bond acceptors (Lipinski definition) is 2. The molecule has 2 aromatic carbocycles. The minimum atomic E-state index is -0.551. The molecule has 4 nitrogen and oxygen atoms in total. The molecule has 0 saturated heterocycles. The summed E-state index contributed by atoms with van der Waals surface area (Å²) in [5, 5.41) is 10.5. The summed E-state index contributed by atoms with van der Waals surface area (Å²) in [6.45, 7) is 5.79. The average molecular weight is 420 g/mol. The fourth-order valence-corrected chi connectivity index (χ4v) is 3.96. The van der Waals surface area contributed by atoms with Crippen LogP contribution in [0, 0.1) is 13.8 Å². The first-order chi connectivity index (χ1) is 12.8. The summed E-state index contributed by atoms with van der Waals surface area (Å²) < 4.78 is 0. The van der Waals surface area contributed by atoms with E-state index < -0.39 is 6.04 Å². The summed E-state index contributed by atoms with van der Waals surface area (Å²) in [7, 11) is 0. The number of halogens is 2. The number of nitrogens with one attached hydrogen (secondary N) is 3. The summed E-state index contributed by atoms with van der Waals surface area (Å²) >= 11 is 18.1. The molecule has 1 amide bonds. The summed E-state index contributed by atoms with van der Waals surface area (Å²) in [4.78, 5) is 13.2. The fourth-order valence-electron chi connectivity index (χ4n) is 3.07. The Hall–Kier alpha value is -2.08. The number of anilines is 1. The van der Waals surface area contributed by atoms with Crippen molar-refractivity contribution < 1.29 is 4.79 Å². The van der Waals surface area contributed by atoms with Crippen LogP contribution in [-0.4, -0.2) is 11.0 Å². The number of aryl methyl sites for hydroxylation is 1. The van der Waals surface area contributed by atoms with Crippen molar-refractivity contribution >= 4 is 52.1 Å². The van der Waals surface area contributed by atoms with Crippen LogP contribution >= 0.6 is 35.4 Å². The quantitative estimate of drug-likeness (QED) is 0.609. The number of carbonyl (C=O) groups excluding carboxylic acids is 1. The largest absolute Gasteiger partial charge is 0.351 e. The molecule has 3 N–H and O–H groups in total. The van der Waals surface area contributed by atoms with Gasteiger partial charge in [-0.1, -0.05) is 41.4 Å². The van der Waals surface area contributed by atoms with Crippen molar-refractivity contribution in [3.8, 4) is 0 Å². The average Bonchev–Trinajstić information content (AvgIpc) is 2.58. The molecule has 0 bridgehead atoms. The van der Waals surface area contributed by atoms with E-state index in [-0.39, 0.29) is 5.91 Å². The normalized spacial score (nSPS) is 16.6. The van der Waals surface area contributed by atoms with Gasteiger partial charge in [-0.05, 0) is 62.3 Å². The predicted octanol–water partition coefficient (Wildman–Crippen LogP) is 5.04. The first-order valence-electron chi connectivity index (χ1n) is 8.39. The van der Waals surface area contributed by atoms with Crippen LogP contribution in [-0.2, 0) is 4.79 Å². The van der Waals surface area contributed by atoms with Gasteiger partial charge in [0.1, 0.15) is 0 Å². The van der Waals surface area contributed by atoms with Crippen LogP contribution in [0.15, 0.2) is 47.7 Å². The molecule has 2 aromatic rings. The maximum Gasteiger partial charge on any atom is 0.255 e. The van der Waals surface area contributed by atoms with Crippen molar-refractivity contribution in [1.29, 1.82) is 0 Å². The highest BCUT2D eigenvalue weighted by molar-refractivity contribution is 7.80. The minimum Gasteiger partial charge on any atom is -0.351 e. The molecule has 0 aliphatic carbocycles. The lowest BCUT2D eigenvalue weighted by Gasteiger charge is -2.31. The molecule has 1 atom stereocenters. The summed E-state index contributed by atoms with van der Waals surface area (Å²) in [6.07, 6.45) is 0. The lowest BCUT2D eigenvalue weighted by atomic mass is 9.94. The van der Waals surface area contributed by atoms with Crippen molar-refractivity contribution in [3.05, 3.63) is 74.4 Å². The highest BCUT2D eigenvalue weighted by Gasteiger charge is 2.32. The van der Waals surface area contributed by atoms with Crippen LogP contribution in [0.2, 0.25) is 10.0 Å². The Morgan fingerprint density at radius 1 is 1.07 bits per heavy atom. The Morgan fingerprint density at radius 3 is 2.37 bits per heavy atom. The number of carbonyl (C=O) groups is 1. The lowest BCUT2D eigenvalue weighted by molar-refractivity contribution is -0.113. The van der Waals surface area contributed by atoms with Crippen molar-refractivity contribution in [1.82, 2.24) is 10.6 Å². The molecule has 0 aromatic heterocycles. The Balaban J connectivity index is 2.04.